The molecule has 0 spiro atoms. The third-order valence-electron chi connectivity index (χ3n) is 4.38. The fraction of sp³-hybridized carbons (Fsp3) is 0.400. The molecule has 1 aliphatic rings. The Morgan fingerprint density at radius 1 is 0.931 bits per heavy atom. The molecule has 0 saturated carbocycles. The molecule has 2 aromatic rings. The number of hydrogen-bond donors (Lipinski definition) is 0. The Kier molecular flexibility index (Phi) is 6.75. The Morgan fingerprint density at radius 2 is 1.66 bits per heavy atom. The van der Waals surface area contributed by atoms with Crippen molar-refractivity contribution in [3.05, 3.63) is 65.7 Å². The number of nitrogens with zero attached hydrogens (tertiary/aromatic N) is 1. The Morgan fingerprint density at radius 3 is 2.38 bits per heavy atom. The van der Waals surface area contributed by atoms with Crippen LogP contribution < -0.4 is 4.74 Å². The number of rotatable bonds is 8. The first kappa shape index (κ1) is 21.1. The minimum atomic E-state index is -0.344. The molecule has 0 unspecified atom stereocenters. The smallest absolute Gasteiger partial charge is 0.129 e. The Bertz CT molecular complexity index is 891. The summed E-state index contributed by atoms with van der Waals surface area (Å²) in [6.07, 6.45) is 5.29. The quantitative estimate of drug-likeness (QED) is 0.268. The van der Waals surface area contributed by atoms with Crippen molar-refractivity contribution in [2.24, 2.45) is 5.16 Å². The zero-order valence-electron chi connectivity index (χ0n) is 18.1. The van der Waals surface area contributed by atoms with Crippen LogP contribution in [0.3, 0.4) is 0 Å². The largest absolute Gasteiger partial charge is 0.490 e. The van der Waals surface area contributed by atoms with E-state index in [1.807, 2.05) is 58.9 Å². The molecule has 4 heteroatoms. The Hall–Kier alpha value is -2.59. The molecular formula is C25H31NO3. The van der Waals surface area contributed by atoms with E-state index in [0.717, 1.165) is 41.2 Å². The van der Waals surface area contributed by atoms with Crippen LogP contribution in [0.1, 0.15) is 52.2 Å². The van der Waals surface area contributed by atoms with E-state index in [9.17, 15) is 0 Å². The lowest BCUT2D eigenvalue weighted by Crippen LogP contribution is -2.17. The number of ether oxygens (including phenoxy) is 2. The number of oxime groups is 1. The van der Waals surface area contributed by atoms with Gasteiger partial charge in [0.1, 0.15) is 23.7 Å². The minimum absolute atomic E-state index is 0.272. The highest BCUT2D eigenvalue weighted by atomic mass is 16.6. The van der Waals surface area contributed by atoms with Crippen molar-refractivity contribution in [1.82, 2.24) is 0 Å². The molecule has 2 aromatic carbocycles. The highest BCUT2D eigenvalue weighted by molar-refractivity contribution is 6.24. The summed E-state index contributed by atoms with van der Waals surface area (Å²) in [6, 6.07) is 14.5. The van der Waals surface area contributed by atoms with E-state index >= 15 is 0 Å². The summed E-state index contributed by atoms with van der Waals surface area (Å²) < 4.78 is 11.5. The minimum Gasteiger partial charge on any atom is -0.490 e. The average molecular weight is 394 g/mol. The molecule has 0 N–H and O–H groups in total. The normalized spacial score (nSPS) is 14.5. The summed E-state index contributed by atoms with van der Waals surface area (Å²) in [5.74, 6) is 0.822. The van der Waals surface area contributed by atoms with Gasteiger partial charge < -0.3 is 14.3 Å². The predicted octanol–water partition coefficient (Wildman–Crippen LogP) is 5.98. The maximum atomic E-state index is 5.93. The van der Waals surface area contributed by atoms with Crippen molar-refractivity contribution >= 4 is 5.71 Å². The van der Waals surface area contributed by atoms with Gasteiger partial charge >= 0.3 is 0 Å². The van der Waals surface area contributed by atoms with Crippen molar-refractivity contribution in [1.29, 1.82) is 0 Å². The van der Waals surface area contributed by atoms with Gasteiger partial charge in [0.2, 0.25) is 0 Å². The zero-order chi connectivity index (χ0) is 20.9. The maximum Gasteiger partial charge on any atom is 0.129 e. The Labute approximate surface area is 174 Å². The lowest BCUT2D eigenvalue weighted by atomic mass is 10.1. The Balaban J connectivity index is 1.72. The second-order valence-electron chi connectivity index (χ2n) is 8.39. The van der Waals surface area contributed by atoms with Crippen molar-refractivity contribution in [2.45, 2.75) is 52.7 Å². The van der Waals surface area contributed by atoms with Gasteiger partial charge in [-0.3, -0.25) is 0 Å². The summed E-state index contributed by atoms with van der Waals surface area (Å²) in [7, 11) is 0. The fourth-order valence-corrected chi connectivity index (χ4v) is 3.10. The van der Waals surface area contributed by atoms with E-state index in [0.29, 0.717) is 6.61 Å². The van der Waals surface area contributed by atoms with E-state index in [1.165, 1.54) is 5.56 Å². The molecule has 0 aliphatic heterocycles. The lowest BCUT2D eigenvalue weighted by Gasteiger charge is -2.16. The van der Waals surface area contributed by atoms with Crippen molar-refractivity contribution in [3.8, 4) is 16.9 Å². The molecule has 0 atom stereocenters. The standard InChI is InChI=1S/C25H31NO3/c1-18(2)27-15-9-6-10-16-28-19-13-14-21-20-11-7-8-12-22(20)24(23(21)17-19)26-29-25(3,4)5/h6-8,10-14,17-18H,9,15-16H2,1-5H3. The van der Waals surface area contributed by atoms with Crippen LogP contribution in [0.25, 0.3) is 11.1 Å². The van der Waals surface area contributed by atoms with E-state index < -0.39 is 0 Å². The fourth-order valence-electron chi connectivity index (χ4n) is 3.10. The van der Waals surface area contributed by atoms with Gasteiger partial charge in [0, 0.05) is 11.1 Å². The third kappa shape index (κ3) is 5.70. The topological polar surface area (TPSA) is 40.0 Å². The van der Waals surface area contributed by atoms with Crippen LogP contribution in [0.15, 0.2) is 59.8 Å². The van der Waals surface area contributed by atoms with E-state index in [4.69, 9.17) is 14.3 Å². The molecule has 1 aliphatic carbocycles. The van der Waals surface area contributed by atoms with E-state index in [1.54, 1.807) is 0 Å². The van der Waals surface area contributed by atoms with E-state index in [2.05, 4.69) is 35.5 Å². The predicted molar refractivity (Wildman–Crippen MR) is 119 cm³/mol. The monoisotopic (exact) mass is 393 g/mol. The third-order valence-corrected chi connectivity index (χ3v) is 4.38. The number of benzene rings is 2. The molecule has 154 valence electrons. The SMILES string of the molecule is CC(C)OCCC=CCOc1ccc2c(c1)C(=NOC(C)(C)C)c1ccccc1-2. The van der Waals surface area contributed by atoms with Crippen LogP contribution in [-0.2, 0) is 9.57 Å². The molecule has 0 bridgehead atoms. The molecule has 29 heavy (non-hydrogen) atoms. The molecular weight excluding hydrogens is 362 g/mol. The molecule has 4 nitrogen and oxygen atoms in total. The first-order valence-corrected chi connectivity index (χ1v) is 10.2. The molecule has 0 fully saturated rings. The van der Waals surface area contributed by atoms with Crippen molar-refractivity contribution in [3.63, 3.8) is 0 Å². The van der Waals surface area contributed by atoms with Crippen LogP contribution in [-0.4, -0.2) is 30.6 Å². The van der Waals surface area contributed by atoms with Gasteiger partial charge in [-0.2, -0.15) is 0 Å². The lowest BCUT2D eigenvalue weighted by molar-refractivity contribution is 0.00121. The zero-order valence-corrected chi connectivity index (χ0v) is 18.1. The van der Waals surface area contributed by atoms with Crippen LogP contribution in [0.5, 0.6) is 5.75 Å². The van der Waals surface area contributed by atoms with Gasteiger partial charge in [-0.15, -0.1) is 0 Å². The second kappa shape index (κ2) is 9.27. The molecule has 0 saturated heterocycles. The van der Waals surface area contributed by atoms with Crippen molar-refractivity contribution in [2.75, 3.05) is 13.2 Å². The first-order chi connectivity index (χ1) is 13.8. The van der Waals surface area contributed by atoms with Gasteiger partial charge in [0.05, 0.1) is 12.7 Å². The molecule has 0 heterocycles. The second-order valence-corrected chi connectivity index (χ2v) is 8.39. The van der Waals surface area contributed by atoms with Gasteiger partial charge in [-0.25, -0.2) is 0 Å². The number of fused-ring (bicyclic) bond motifs is 3. The molecule has 0 amide bonds. The summed E-state index contributed by atoms with van der Waals surface area (Å²) >= 11 is 0. The van der Waals surface area contributed by atoms with Gasteiger partial charge in [-0.1, -0.05) is 41.6 Å². The molecule has 3 rings (SSSR count). The first-order valence-electron chi connectivity index (χ1n) is 10.2. The van der Waals surface area contributed by atoms with Crippen molar-refractivity contribution < 1.29 is 14.3 Å². The van der Waals surface area contributed by atoms with Gasteiger partial charge in [0.25, 0.3) is 0 Å². The highest BCUT2D eigenvalue weighted by Gasteiger charge is 2.26. The average Bonchev–Trinajstić information content (AvgIpc) is 2.98. The van der Waals surface area contributed by atoms with Crippen LogP contribution in [0.2, 0.25) is 0 Å². The van der Waals surface area contributed by atoms with Crippen LogP contribution >= 0.6 is 0 Å². The van der Waals surface area contributed by atoms with Gasteiger partial charge in [0.15, 0.2) is 0 Å². The van der Waals surface area contributed by atoms with Crippen LogP contribution in [0, 0.1) is 0 Å². The summed E-state index contributed by atoms with van der Waals surface area (Å²) in [5.41, 5.74) is 4.98. The number of hydrogen-bond acceptors (Lipinski definition) is 4. The van der Waals surface area contributed by atoms with Gasteiger partial charge in [-0.05, 0) is 70.4 Å². The maximum absolute atomic E-state index is 5.93. The van der Waals surface area contributed by atoms with Crippen LogP contribution in [0.4, 0.5) is 0 Å². The summed E-state index contributed by atoms with van der Waals surface area (Å²) in [4.78, 5) is 5.74. The highest BCUT2D eigenvalue weighted by Crippen LogP contribution is 2.39. The summed E-state index contributed by atoms with van der Waals surface area (Å²) in [6.45, 7) is 11.3. The molecule has 0 aromatic heterocycles. The molecule has 0 radical (unpaired) electrons. The summed E-state index contributed by atoms with van der Waals surface area (Å²) in [5, 5.41) is 4.50. The van der Waals surface area contributed by atoms with E-state index in [-0.39, 0.29) is 11.7 Å².